The number of benzene rings is 2. The number of hydrazone groups is 1. The zero-order valence-electron chi connectivity index (χ0n) is 15.8. The van der Waals surface area contributed by atoms with E-state index in [0.29, 0.717) is 15.6 Å². The normalized spacial score (nSPS) is 11.6. The first-order valence-corrected chi connectivity index (χ1v) is 10.3. The van der Waals surface area contributed by atoms with Crippen LogP contribution < -0.4 is 14.5 Å². The fourth-order valence-electron chi connectivity index (χ4n) is 2.28. The summed E-state index contributed by atoms with van der Waals surface area (Å²) in [5, 5.41) is 3.80. The SMILES string of the molecule is CC(C)Oc1ccc(/C=N\NC(=O)CN(c2ccccc2F)S(C)(=O)=O)cc1. The number of ether oxygens (including phenoxy) is 1. The molecular formula is C19H22FN3O4S. The highest BCUT2D eigenvalue weighted by molar-refractivity contribution is 7.92. The molecule has 0 aliphatic rings. The minimum absolute atomic E-state index is 0.0612. The summed E-state index contributed by atoms with van der Waals surface area (Å²) in [6.45, 7) is 3.25. The molecule has 0 spiro atoms. The number of halogens is 1. The summed E-state index contributed by atoms with van der Waals surface area (Å²) in [6.07, 6.45) is 2.37. The van der Waals surface area contributed by atoms with Crippen LogP contribution in [0.2, 0.25) is 0 Å². The molecule has 2 aromatic carbocycles. The first-order chi connectivity index (χ1) is 13.2. The smallest absolute Gasteiger partial charge is 0.260 e. The summed E-state index contributed by atoms with van der Waals surface area (Å²) >= 11 is 0. The second-order valence-corrected chi connectivity index (χ2v) is 8.16. The number of hydrogen-bond donors (Lipinski definition) is 1. The van der Waals surface area contributed by atoms with Crippen LogP contribution in [-0.4, -0.2) is 39.4 Å². The molecule has 28 heavy (non-hydrogen) atoms. The molecule has 1 amide bonds. The van der Waals surface area contributed by atoms with Gasteiger partial charge in [0.25, 0.3) is 5.91 Å². The summed E-state index contributed by atoms with van der Waals surface area (Å²) in [5.41, 5.74) is 2.75. The van der Waals surface area contributed by atoms with Gasteiger partial charge in [-0.1, -0.05) is 12.1 Å². The summed E-state index contributed by atoms with van der Waals surface area (Å²) in [6, 6.07) is 12.4. The largest absolute Gasteiger partial charge is 0.491 e. The van der Waals surface area contributed by atoms with Gasteiger partial charge in [-0.3, -0.25) is 9.10 Å². The predicted octanol–water partition coefficient (Wildman–Crippen LogP) is 2.53. The third-order valence-electron chi connectivity index (χ3n) is 3.46. The van der Waals surface area contributed by atoms with Crippen LogP contribution in [0.25, 0.3) is 0 Å². The van der Waals surface area contributed by atoms with E-state index in [0.717, 1.165) is 12.3 Å². The highest BCUT2D eigenvalue weighted by atomic mass is 32.2. The Morgan fingerprint density at radius 2 is 1.86 bits per heavy atom. The maximum atomic E-state index is 13.9. The van der Waals surface area contributed by atoms with Crippen molar-refractivity contribution in [1.29, 1.82) is 0 Å². The lowest BCUT2D eigenvalue weighted by molar-refractivity contribution is -0.119. The molecule has 0 fully saturated rings. The molecule has 0 aromatic heterocycles. The van der Waals surface area contributed by atoms with Crippen LogP contribution in [0.4, 0.5) is 10.1 Å². The van der Waals surface area contributed by atoms with Gasteiger partial charge in [-0.2, -0.15) is 5.10 Å². The van der Waals surface area contributed by atoms with Crippen molar-refractivity contribution in [3.63, 3.8) is 0 Å². The van der Waals surface area contributed by atoms with Crippen LogP contribution >= 0.6 is 0 Å². The van der Waals surface area contributed by atoms with E-state index in [1.165, 1.54) is 24.4 Å². The van der Waals surface area contributed by atoms with Crippen molar-refractivity contribution in [2.24, 2.45) is 5.10 Å². The lowest BCUT2D eigenvalue weighted by atomic mass is 10.2. The van der Waals surface area contributed by atoms with E-state index in [2.05, 4.69) is 10.5 Å². The van der Waals surface area contributed by atoms with Gasteiger partial charge in [-0.15, -0.1) is 0 Å². The molecule has 2 rings (SSSR count). The predicted molar refractivity (Wildman–Crippen MR) is 107 cm³/mol. The second-order valence-electron chi connectivity index (χ2n) is 6.25. The number of carbonyl (C=O) groups is 1. The first kappa shape index (κ1) is 21.4. The van der Waals surface area contributed by atoms with Crippen LogP contribution in [0, 0.1) is 5.82 Å². The standard InChI is InChI=1S/C19H22FN3O4S/c1-14(2)27-16-10-8-15(9-11-16)12-21-22-19(24)13-23(28(3,25)26)18-7-5-4-6-17(18)20/h4-12,14H,13H2,1-3H3,(H,22,24)/b21-12-. The van der Waals surface area contributed by atoms with E-state index in [1.54, 1.807) is 24.3 Å². The maximum absolute atomic E-state index is 13.9. The number of para-hydroxylation sites is 1. The highest BCUT2D eigenvalue weighted by Gasteiger charge is 2.23. The minimum Gasteiger partial charge on any atom is -0.491 e. The lowest BCUT2D eigenvalue weighted by Gasteiger charge is -2.21. The van der Waals surface area contributed by atoms with Crippen molar-refractivity contribution in [3.05, 3.63) is 59.9 Å². The fraction of sp³-hybridized carbons (Fsp3) is 0.263. The Kier molecular flexibility index (Phi) is 7.11. The number of nitrogens with one attached hydrogen (secondary N) is 1. The van der Waals surface area contributed by atoms with Gasteiger partial charge in [0, 0.05) is 0 Å². The van der Waals surface area contributed by atoms with Crippen LogP contribution in [0.3, 0.4) is 0 Å². The molecule has 0 unspecified atom stereocenters. The molecular weight excluding hydrogens is 385 g/mol. The Hall–Kier alpha value is -2.94. The summed E-state index contributed by atoms with van der Waals surface area (Å²) in [5.74, 6) is -0.734. The van der Waals surface area contributed by atoms with Gasteiger partial charge < -0.3 is 4.74 Å². The van der Waals surface area contributed by atoms with Crippen LogP contribution in [0.5, 0.6) is 5.75 Å². The van der Waals surface area contributed by atoms with Gasteiger partial charge in [0.2, 0.25) is 10.0 Å². The van der Waals surface area contributed by atoms with E-state index in [4.69, 9.17) is 4.74 Å². The first-order valence-electron chi connectivity index (χ1n) is 8.47. The minimum atomic E-state index is -3.86. The number of nitrogens with zero attached hydrogens (tertiary/aromatic N) is 2. The molecule has 7 nitrogen and oxygen atoms in total. The number of amides is 1. The van der Waals surface area contributed by atoms with Gasteiger partial charge in [0.1, 0.15) is 18.1 Å². The third-order valence-corrected chi connectivity index (χ3v) is 4.59. The van der Waals surface area contributed by atoms with Crippen LogP contribution in [-0.2, 0) is 14.8 Å². The van der Waals surface area contributed by atoms with Gasteiger partial charge in [0.15, 0.2) is 0 Å². The molecule has 0 heterocycles. The molecule has 0 saturated heterocycles. The van der Waals surface area contributed by atoms with Gasteiger partial charge in [-0.25, -0.2) is 18.2 Å². The maximum Gasteiger partial charge on any atom is 0.260 e. The molecule has 150 valence electrons. The zero-order valence-corrected chi connectivity index (χ0v) is 16.6. The zero-order chi connectivity index (χ0) is 20.7. The van der Waals surface area contributed by atoms with Crippen molar-refractivity contribution in [3.8, 4) is 5.75 Å². The van der Waals surface area contributed by atoms with Gasteiger partial charge in [0.05, 0.1) is 24.3 Å². The molecule has 0 aliphatic carbocycles. The van der Waals surface area contributed by atoms with Crippen molar-refractivity contribution < 1.29 is 22.3 Å². The topological polar surface area (TPSA) is 88.1 Å². The molecule has 0 radical (unpaired) electrons. The van der Waals surface area contributed by atoms with E-state index in [9.17, 15) is 17.6 Å². The van der Waals surface area contributed by atoms with Gasteiger partial charge in [-0.05, 0) is 55.8 Å². The number of carbonyl (C=O) groups excluding carboxylic acids is 1. The summed E-state index contributed by atoms with van der Waals surface area (Å²) < 4.78 is 44.0. The molecule has 2 aromatic rings. The monoisotopic (exact) mass is 407 g/mol. The average molecular weight is 407 g/mol. The molecule has 0 aliphatic heterocycles. The lowest BCUT2D eigenvalue weighted by Crippen LogP contribution is -2.39. The third kappa shape index (κ3) is 6.34. The highest BCUT2D eigenvalue weighted by Crippen LogP contribution is 2.20. The van der Waals surface area contributed by atoms with E-state index >= 15 is 0 Å². The number of sulfonamides is 1. The van der Waals surface area contributed by atoms with E-state index in [1.807, 2.05) is 13.8 Å². The van der Waals surface area contributed by atoms with Crippen molar-refractivity contribution in [2.75, 3.05) is 17.1 Å². The van der Waals surface area contributed by atoms with E-state index < -0.39 is 28.3 Å². The Morgan fingerprint density at radius 1 is 1.21 bits per heavy atom. The van der Waals surface area contributed by atoms with Crippen molar-refractivity contribution >= 4 is 27.8 Å². The van der Waals surface area contributed by atoms with Crippen LogP contribution in [0.1, 0.15) is 19.4 Å². The second kappa shape index (κ2) is 9.32. The molecule has 1 N–H and O–H groups in total. The molecule has 9 heteroatoms. The van der Waals surface area contributed by atoms with E-state index in [-0.39, 0.29) is 11.8 Å². The molecule has 0 atom stereocenters. The number of rotatable bonds is 8. The Morgan fingerprint density at radius 3 is 2.43 bits per heavy atom. The Labute approximate surface area is 163 Å². The number of hydrogen-bond acceptors (Lipinski definition) is 5. The van der Waals surface area contributed by atoms with Gasteiger partial charge >= 0.3 is 0 Å². The molecule has 0 saturated carbocycles. The number of anilines is 1. The average Bonchev–Trinajstić information content (AvgIpc) is 2.60. The van der Waals surface area contributed by atoms with Crippen molar-refractivity contribution in [1.82, 2.24) is 5.43 Å². The Balaban J connectivity index is 2.01. The quantitative estimate of drug-likeness (QED) is 0.538. The summed E-state index contributed by atoms with van der Waals surface area (Å²) in [7, 11) is -3.86. The molecule has 0 bridgehead atoms. The van der Waals surface area contributed by atoms with Crippen LogP contribution in [0.15, 0.2) is 53.6 Å². The van der Waals surface area contributed by atoms with Crippen molar-refractivity contribution in [2.45, 2.75) is 20.0 Å². The Bertz CT molecular complexity index is 944. The fourth-order valence-corrected chi connectivity index (χ4v) is 3.14. The summed E-state index contributed by atoms with van der Waals surface area (Å²) in [4.78, 5) is 12.1.